The number of hydrogen-bond donors (Lipinski definition) is 1. The van der Waals surface area contributed by atoms with E-state index in [-0.39, 0.29) is 6.42 Å². The van der Waals surface area contributed by atoms with Crippen molar-refractivity contribution in [2.75, 3.05) is 0 Å². The molecule has 0 fully saturated rings. The Balaban J connectivity index is 2.13. The van der Waals surface area contributed by atoms with Crippen molar-refractivity contribution in [3.05, 3.63) is 54.1 Å². The maximum absolute atomic E-state index is 10.8. The highest BCUT2D eigenvalue weighted by molar-refractivity contribution is 5.82. The van der Waals surface area contributed by atoms with Crippen LogP contribution in [0.4, 0.5) is 0 Å². The van der Waals surface area contributed by atoms with Gasteiger partial charge in [-0.2, -0.15) is 4.80 Å². The fourth-order valence-electron chi connectivity index (χ4n) is 1.98. The van der Waals surface area contributed by atoms with Gasteiger partial charge >= 0.3 is 5.97 Å². The number of fused-ring (bicyclic) bond motifs is 1. The minimum atomic E-state index is -0.873. The summed E-state index contributed by atoms with van der Waals surface area (Å²) in [6.07, 6.45) is -0.0508. The Bertz CT molecular complexity index is 735. The molecule has 2 aromatic carbocycles. The first-order valence-corrected chi connectivity index (χ1v) is 5.86. The van der Waals surface area contributed by atoms with Gasteiger partial charge in [-0.05, 0) is 23.8 Å². The van der Waals surface area contributed by atoms with E-state index in [4.69, 9.17) is 5.11 Å². The first-order chi connectivity index (χ1) is 9.24. The van der Waals surface area contributed by atoms with Gasteiger partial charge in [0.2, 0.25) is 0 Å². The second kappa shape index (κ2) is 4.53. The van der Waals surface area contributed by atoms with Crippen LogP contribution < -0.4 is 0 Å². The SMILES string of the molecule is O=C(O)Cc1cccc2nn(-c3ccccc3)nc12. The van der Waals surface area contributed by atoms with Gasteiger partial charge in [0.1, 0.15) is 11.0 Å². The molecule has 94 valence electrons. The van der Waals surface area contributed by atoms with Gasteiger partial charge in [0, 0.05) is 0 Å². The molecule has 0 aliphatic carbocycles. The molecule has 0 aliphatic rings. The smallest absolute Gasteiger partial charge is 0.307 e. The van der Waals surface area contributed by atoms with Crippen LogP contribution in [0.2, 0.25) is 0 Å². The molecule has 5 nitrogen and oxygen atoms in total. The van der Waals surface area contributed by atoms with Crippen LogP contribution in [0.3, 0.4) is 0 Å². The largest absolute Gasteiger partial charge is 0.481 e. The molecule has 0 spiro atoms. The fourth-order valence-corrected chi connectivity index (χ4v) is 1.98. The predicted octanol–water partition coefficient (Wildman–Crippen LogP) is 2.05. The zero-order valence-corrected chi connectivity index (χ0v) is 10.0. The Morgan fingerprint density at radius 3 is 2.58 bits per heavy atom. The third-order valence-electron chi connectivity index (χ3n) is 2.82. The van der Waals surface area contributed by atoms with Crippen molar-refractivity contribution >= 4 is 17.0 Å². The van der Waals surface area contributed by atoms with E-state index in [0.717, 1.165) is 5.69 Å². The number of para-hydroxylation sites is 1. The van der Waals surface area contributed by atoms with Crippen molar-refractivity contribution < 1.29 is 9.90 Å². The van der Waals surface area contributed by atoms with Crippen molar-refractivity contribution in [2.45, 2.75) is 6.42 Å². The molecule has 0 aliphatic heterocycles. The van der Waals surface area contributed by atoms with Gasteiger partial charge in [-0.25, -0.2) is 0 Å². The van der Waals surface area contributed by atoms with E-state index < -0.39 is 5.97 Å². The first-order valence-electron chi connectivity index (χ1n) is 5.86. The van der Waals surface area contributed by atoms with Crippen molar-refractivity contribution in [1.82, 2.24) is 15.0 Å². The van der Waals surface area contributed by atoms with Crippen LogP contribution in [0.15, 0.2) is 48.5 Å². The van der Waals surface area contributed by atoms with Gasteiger partial charge in [0.05, 0.1) is 12.1 Å². The first kappa shape index (κ1) is 11.4. The Morgan fingerprint density at radius 1 is 1.05 bits per heavy atom. The minimum absolute atomic E-state index is 0.0508. The summed E-state index contributed by atoms with van der Waals surface area (Å²) in [6.45, 7) is 0. The van der Waals surface area contributed by atoms with Gasteiger partial charge in [-0.15, -0.1) is 10.2 Å². The van der Waals surface area contributed by atoms with E-state index in [0.29, 0.717) is 16.6 Å². The standard InChI is InChI=1S/C14H11N3O2/c18-13(19)9-10-5-4-8-12-14(10)16-17(15-12)11-6-2-1-3-7-11/h1-8H,9H2,(H,18,19). The molecule has 5 heteroatoms. The average Bonchev–Trinajstić information content (AvgIpc) is 2.84. The predicted molar refractivity (Wildman–Crippen MR) is 70.2 cm³/mol. The number of hydrogen-bond acceptors (Lipinski definition) is 3. The molecule has 1 aromatic heterocycles. The third kappa shape index (κ3) is 2.18. The number of nitrogens with zero attached hydrogens (tertiary/aromatic N) is 3. The molecule has 0 saturated carbocycles. The van der Waals surface area contributed by atoms with E-state index in [1.54, 1.807) is 12.1 Å². The normalized spacial score (nSPS) is 10.7. The quantitative estimate of drug-likeness (QED) is 0.775. The number of benzene rings is 2. The van der Waals surface area contributed by atoms with Gasteiger partial charge in [0.15, 0.2) is 0 Å². The van der Waals surface area contributed by atoms with Gasteiger partial charge < -0.3 is 5.11 Å². The van der Waals surface area contributed by atoms with Gasteiger partial charge in [0.25, 0.3) is 0 Å². The monoisotopic (exact) mass is 253 g/mol. The van der Waals surface area contributed by atoms with E-state index in [2.05, 4.69) is 10.2 Å². The number of carbonyl (C=O) groups is 1. The van der Waals surface area contributed by atoms with Crippen LogP contribution in [0.5, 0.6) is 0 Å². The second-order valence-electron chi connectivity index (χ2n) is 4.18. The molecular formula is C14H11N3O2. The summed E-state index contributed by atoms with van der Waals surface area (Å²) < 4.78 is 0. The number of carboxylic acid groups (broad SMARTS) is 1. The van der Waals surface area contributed by atoms with Crippen molar-refractivity contribution in [3.63, 3.8) is 0 Å². The molecular weight excluding hydrogens is 242 g/mol. The van der Waals surface area contributed by atoms with Gasteiger partial charge in [-0.3, -0.25) is 4.79 Å². The maximum atomic E-state index is 10.8. The van der Waals surface area contributed by atoms with Gasteiger partial charge in [-0.1, -0.05) is 30.3 Å². The molecule has 1 N–H and O–H groups in total. The van der Waals surface area contributed by atoms with Crippen molar-refractivity contribution in [3.8, 4) is 5.69 Å². The van der Waals surface area contributed by atoms with E-state index in [1.165, 1.54) is 4.80 Å². The maximum Gasteiger partial charge on any atom is 0.307 e. The average molecular weight is 253 g/mol. The minimum Gasteiger partial charge on any atom is -0.481 e. The van der Waals surface area contributed by atoms with Crippen LogP contribution in [-0.2, 0) is 11.2 Å². The summed E-state index contributed by atoms with van der Waals surface area (Å²) >= 11 is 0. The fraction of sp³-hybridized carbons (Fsp3) is 0.0714. The molecule has 1 heterocycles. The molecule has 3 rings (SSSR count). The third-order valence-corrected chi connectivity index (χ3v) is 2.82. The highest BCUT2D eigenvalue weighted by Crippen LogP contribution is 2.17. The molecule has 0 bridgehead atoms. The summed E-state index contributed by atoms with van der Waals surface area (Å²) in [6, 6.07) is 14.9. The molecule has 0 atom stereocenters. The molecule has 0 radical (unpaired) electrons. The summed E-state index contributed by atoms with van der Waals surface area (Å²) in [7, 11) is 0. The number of rotatable bonds is 3. The zero-order valence-electron chi connectivity index (χ0n) is 10.0. The van der Waals surface area contributed by atoms with E-state index in [9.17, 15) is 4.79 Å². The van der Waals surface area contributed by atoms with Crippen LogP contribution in [0.1, 0.15) is 5.56 Å². The van der Waals surface area contributed by atoms with Crippen LogP contribution >= 0.6 is 0 Å². The van der Waals surface area contributed by atoms with Crippen LogP contribution in [0, 0.1) is 0 Å². The molecule has 0 unspecified atom stereocenters. The molecule has 0 saturated heterocycles. The molecule has 19 heavy (non-hydrogen) atoms. The lowest BCUT2D eigenvalue weighted by atomic mass is 10.1. The van der Waals surface area contributed by atoms with E-state index in [1.807, 2.05) is 36.4 Å². The molecule has 3 aromatic rings. The second-order valence-corrected chi connectivity index (χ2v) is 4.18. The summed E-state index contributed by atoms with van der Waals surface area (Å²) in [5.41, 5.74) is 2.85. The van der Waals surface area contributed by atoms with Crippen molar-refractivity contribution in [1.29, 1.82) is 0 Å². The van der Waals surface area contributed by atoms with Crippen LogP contribution in [-0.4, -0.2) is 26.1 Å². The lowest BCUT2D eigenvalue weighted by Gasteiger charge is -1.97. The Hall–Kier alpha value is -2.69. The van der Waals surface area contributed by atoms with Crippen LogP contribution in [0.25, 0.3) is 16.7 Å². The Labute approximate surface area is 109 Å². The zero-order chi connectivity index (χ0) is 13.2. The van der Waals surface area contributed by atoms with Crippen molar-refractivity contribution in [2.24, 2.45) is 0 Å². The highest BCUT2D eigenvalue weighted by Gasteiger charge is 2.10. The van der Waals surface area contributed by atoms with E-state index >= 15 is 0 Å². The summed E-state index contributed by atoms with van der Waals surface area (Å²) in [5, 5.41) is 17.6. The highest BCUT2D eigenvalue weighted by atomic mass is 16.4. The molecule has 0 amide bonds. The number of aliphatic carboxylic acids is 1. The number of aromatic nitrogens is 3. The lowest BCUT2D eigenvalue weighted by Crippen LogP contribution is -2.01. The summed E-state index contributed by atoms with van der Waals surface area (Å²) in [5.74, 6) is -0.873. The Kier molecular flexibility index (Phi) is 2.72. The lowest BCUT2D eigenvalue weighted by molar-refractivity contribution is -0.136. The Morgan fingerprint density at radius 2 is 1.84 bits per heavy atom. The number of carboxylic acids is 1. The topological polar surface area (TPSA) is 68.0 Å². The summed E-state index contributed by atoms with van der Waals surface area (Å²) in [4.78, 5) is 12.4.